The largest absolute Gasteiger partial charge is 0.489 e. The second-order valence-electron chi connectivity index (χ2n) is 8.04. The lowest BCUT2D eigenvalue weighted by Gasteiger charge is -2.32. The van der Waals surface area contributed by atoms with Gasteiger partial charge in [-0.15, -0.1) is 0 Å². The van der Waals surface area contributed by atoms with Gasteiger partial charge in [0.15, 0.2) is 5.76 Å². The highest BCUT2D eigenvalue weighted by molar-refractivity contribution is 5.95. The Morgan fingerprint density at radius 3 is 2.64 bits per heavy atom. The molecule has 0 bridgehead atoms. The molecule has 1 saturated heterocycles. The number of carbonyl (C=O) groups excluding carboxylic acids is 2. The molecule has 0 atom stereocenters. The number of nitrogens with zero attached hydrogens (tertiary/aromatic N) is 2. The summed E-state index contributed by atoms with van der Waals surface area (Å²) < 4.78 is 11.2. The molecule has 0 radical (unpaired) electrons. The number of likely N-dealkylation sites (tertiary alicyclic amines) is 1. The third-order valence-corrected chi connectivity index (χ3v) is 5.69. The molecule has 0 saturated carbocycles. The molecule has 1 aromatic heterocycles. The van der Waals surface area contributed by atoms with Crippen LogP contribution >= 0.6 is 0 Å². The topological polar surface area (TPSA) is 95.6 Å². The Bertz CT molecular complexity index is 1190. The van der Waals surface area contributed by atoms with E-state index in [1.807, 2.05) is 18.2 Å². The van der Waals surface area contributed by atoms with Crippen molar-refractivity contribution < 1.29 is 18.7 Å². The molecule has 0 unspecified atom stereocenters. The minimum atomic E-state index is -0.226. The first kappa shape index (κ1) is 22.2. The molecule has 7 nitrogen and oxygen atoms in total. The summed E-state index contributed by atoms with van der Waals surface area (Å²) in [5.74, 6) is 1.28. The molecule has 7 heteroatoms. The quantitative estimate of drug-likeness (QED) is 0.620. The summed E-state index contributed by atoms with van der Waals surface area (Å²) in [6, 6.07) is 19.9. The van der Waals surface area contributed by atoms with Crippen LogP contribution in [0.2, 0.25) is 0 Å². The van der Waals surface area contributed by atoms with Crippen LogP contribution in [0.3, 0.4) is 0 Å². The van der Waals surface area contributed by atoms with Gasteiger partial charge in [0.25, 0.3) is 11.8 Å². The minimum Gasteiger partial charge on any atom is -0.489 e. The SMILES string of the molecule is Cc1ccc(C(=O)NC2CCN(C(=O)c3cccc(OCc4ccccc4C#N)c3)CC2)o1. The van der Waals surface area contributed by atoms with Crippen LogP contribution in [0.4, 0.5) is 0 Å². The summed E-state index contributed by atoms with van der Waals surface area (Å²) in [4.78, 5) is 27.1. The molecule has 2 amide bonds. The highest BCUT2D eigenvalue weighted by Crippen LogP contribution is 2.20. The van der Waals surface area contributed by atoms with Gasteiger partial charge >= 0.3 is 0 Å². The molecule has 4 rings (SSSR count). The second kappa shape index (κ2) is 10.0. The maximum Gasteiger partial charge on any atom is 0.287 e. The van der Waals surface area contributed by atoms with E-state index in [4.69, 9.17) is 9.15 Å². The smallest absolute Gasteiger partial charge is 0.287 e. The van der Waals surface area contributed by atoms with Crippen LogP contribution < -0.4 is 10.1 Å². The van der Waals surface area contributed by atoms with Gasteiger partial charge in [0, 0.05) is 30.3 Å². The molecule has 2 heterocycles. The fourth-order valence-corrected chi connectivity index (χ4v) is 3.86. The van der Waals surface area contributed by atoms with Crippen LogP contribution in [0.1, 0.15) is 50.6 Å². The third kappa shape index (κ3) is 5.42. The zero-order valence-corrected chi connectivity index (χ0v) is 18.4. The van der Waals surface area contributed by atoms with E-state index in [0.29, 0.717) is 54.3 Å². The van der Waals surface area contributed by atoms with Crippen LogP contribution in [0.5, 0.6) is 5.75 Å². The average Bonchev–Trinajstić information content (AvgIpc) is 3.29. The van der Waals surface area contributed by atoms with E-state index in [9.17, 15) is 14.9 Å². The Kier molecular flexibility index (Phi) is 6.75. The summed E-state index contributed by atoms with van der Waals surface area (Å²) in [6.45, 7) is 3.16. The molecular formula is C26H25N3O4. The van der Waals surface area contributed by atoms with Crippen molar-refractivity contribution in [3.05, 3.63) is 88.9 Å². The predicted octanol–water partition coefficient (Wildman–Crippen LogP) is 4.07. The van der Waals surface area contributed by atoms with Gasteiger partial charge in [-0.05, 0) is 56.2 Å². The van der Waals surface area contributed by atoms with Crippen LogP contribution in [0, 0.1) is 18.3 Å². The highest BCUT2D eigenvalue weighted by atomic mass is 16.5. The molecule has 1 fully saturated rings. The first-order chi connectivity index (χ1) is 16.0. The van der Waals surface area contributed by atoms with Gasteiger partial charge in [-0.1, -0.05) is 24.3 Å². The number of carbonyl (C=O) groups is 2. The van der Waals surface area contributed by atoms with Gasteiger partial charge in [0.1, 0.15) is 18.1 Å². The Labute approximate surface area is 192 Å². The second-order valence-corrected chi connectivity index (χ2v) is 8.04. The number of furan rings is 1. The number of amides is 2. The van der Waals surface area contributed by atoms with E-state index in [0.717, 1.165) is 5.56 Å². The van der Waals surface area contributed by atoms with Gasteiger partial charge in [0.2, 0.25) is 0 Å². The Hall–Kier alpha value is -4.05. The van der Waals surface area contributed by atoms with Crippen molar-refractivity contribution in [3.8, 4) is 11.8 Å². The molecule has 0 spiro atoms. The number of nitrogens with one attached hydrogen (secondary N) is 1. The number of nitriles is 1. The molecule has 1 aliphatic rings. The summed E-state index contributed by atoms with van der Waals surface area (Å²) >= 11 is 0. The average molecular weight is 444 g/mol. The first-order valence-corrected chi connectivity index (χ1v) is 10.9. The van der Waals surface area contributed by atoms with Crippen molar-refractivity contribution in [2.24, 2.45) is 0 Å². The highest BCUT2D eigenvalue weighted by Gasteiger charge is 2.25. The van der Waals surface area contributed by atoms with Crippen LogP contribution in [0.15, 0.2) is 65.1 Å². The molecule has 1 N–H and O–H groups in total. The van der Waals surface area contributed by atoms with Crippen molar-refractivity contribution in [3.63, 3.8) is 0 Å². The third-order valence-electron chi connectivity index (χ3n) is 5.69. The Balaban J connectivity index is 1.31. The lowest BCUT2D eigenvalue weighted by molar-refractivity contribution is 0.0695. The molecular weight excluding hydrogens is 418 g/mol. The maximum absolute atomic E-state index is 13.0. The molecule has 2 aromatic carbocycles. The van der Waals surface area contributed by atoms with Gasteiger partial charge < -0.3 is 19.4 Å². The van der Waals surface area contributed by atoms with Crippen molar-refractivity contribution in [1.29, 1.82) is 5.26 Å². The molecule has 1 aliphatic heterocycles. The van der Waals surface area contributed by atoms with Crippen molar-refractivity contribution in [2.75, 3.05) is 13.1 Å². The number of aryl methyl sites for hydroxylation is 1. The summed E-state index contributed by atoms with van der Waals surface area (Å²) in [6.07, 6.45) is 1.36. The van der Waals surface area contributed by atoms with Gasteiger partial charge in [-0.2, -0.15) is 5.26 Å². The summed E-state index contributed by atoms with van der Waals surface area (Å²) in [5, 5.41) is 12.2. The molecule has 3 aromatic rings. The van der Waals surface area contributed by atoms with Gasteiger partial charge in [0.05, 0.1) is 11.6 Å². The van der Waals surface area contributed by atoms with E-state index < -0.39 is 0 Å². The van der Waals surface area contributed by atoms with Gasteiger partial charge in [-0.25, -0.2) is 0 Å². The Morgan fingerprint density at radius 2 is 1.91 bits per heavy atom. The number of hydrogen-bond acceptors (Lipinski definition) is 5. The van der Waals surface area contributed by atoms with E-state index in [1.54, 1.807) is 54.3 Å². The van der Waals surface area contributed by atoms with E-state index >= 15 is 0 Å². The standard InChI is InChI=1S/C26H25N3O4/c1-18-9-10-24(33-18)25(30)28-22-11-13-29(14-12-22)26(31)19-7-4-8-23(15-19)32-17-21-6-3-2-5-20(21)16-27/h2-10,15,22H,11-14,17H2,1H3,(H,28,30). The van der Waals surface area contributed by atoms with Crippen molar-refractivity contribution >= 4 is 11.8 Å². The first-order valence-electron chi connectivity index (χ1n) is 10.9. The fourth-order valence-electron chi connectivity index (χ4n) is 3.86. The fraction of sp³-hybridized carbons (Fsp3) is 0.269. The number of benzene rings is 2. The van der Waals surface area contributed by atoms with Crippen LogP contribution in [-0.4, -0.2) is 35.8 Å². The van der Waals surface area contributed by atoms with Crippen LogP contribution in [-0.2, 0) is 6.61 Å². The Morgan fingerprint density at radius 1 is 1.12 bits per heavy atom. The summed E-state index contributed by atoms with van der Waals surface area (Å²) in [7, 11) is 0. The summed E-state index contributed by atoms with van der Waals surface area (Å²) in [5.41, 5.74) is 1.92. The van der Waals surface area contributed by atoms with Crippen molar-refractivity contribution in [2.45, 2.75) is 32.4 Å². The van der Waals surface area contributed by atoms with E-state index in [1.165, 1.54) is 0 Å². The minimum absolute atomic E-state index is 0.00169. The van der Waals surface area contributed by atoms with Crippen molar-refractivity contribution in [1.82, 2.24) is 10.2 Å². The zero-order valence-electron chi connectivity index (χ0n) is 18.4. The molecule has 33 heavy (non-hydrogen) atoms. The van der Waals surface area contributed by atoms with Gasteiger partial charge in [-0.3, -0.25) is 9.59 Å². The molecule has 168 valence electrons. The van der Waals surface area contributed by atoms with Crippen LogP contribution in [0.25, 0.3) is 0 Å². The lowest BCUT2D eigenvalue weighted by Crippen LogP contribution is -2.46. The monoisotopic (exact) mass is 443 g/mol. The molecule has 0 aliphatic carbocycles. The predicted molar refractivity (Wildman–Crippen MR) is 122 cm³/mol. The lowest BCUT2D eigenvalue weighted by atomic mass is 10.0. The number of ether oxygens (including phenoxy) is 1. The number of hydrogen-bond donors (Lipinski definition) is 1. The zero-order chi connectivity index (χ0) is 23.2. The maximum atomic E-state index is 13.0. The number of piperidine rings is 1. The van der Waals surface area contributed by atoms with E-state index in [-0.39, 0.29) is 24.5 Å². The number of rotatable bonds is 6. The normalized spacial score (nSPS) is 13.9. The van der Waals surface area contributed by atoms with E-state index in [2.05, 4.69) is 11.4 Å².